The molecule has 1 aromatic heterocycles. The first-order valence-corrected chi connectivity index (χ1v) is 22.9. The van der Waals surface area contributed by atoms with Crippen molar-refractivity contribution in [2.24, 2.45) is 0 Å². The highest BCUT2D eigenvalue weighted by atomic mass is 31.2. The first kappa shape index (κ1) is 51.5. The van der Waals surface area contributed by atoms with E-state index in [4.69, 9.17) is 22.9 Å². The van der Waals surface area contributed by atoms with E-state index >= 15 is 0 Å². The Morgan fingerprint density at radius 2 is 1.30 bits per heavy atom. The normalized spacial score (nSPS) is 13.7. The second kappa shape index (κ2) is 30.5. The van der Waals surface area contributed by atoms with Crippen LogP contribution in [0.5, 0.6) is 0 Å². The molecule has 0 saturated carbocycles. The summed E-state index contributed by atoms with van der Waals surface area (Å²) < 4.78 is 40.3. The number of phosphoric acid groups is 1. The average Bonchev–Trinajstić information content (AvgIpc) is 3.40. The summed E-state index contributed by atoms with van der Waals surface area (Å²) >= 11 is 0. The van der Waals surface area contributed by atoms with Gasteiger partial charge in [-0.25, -0.2) is 4.57 Å². The lowest BCUT2D eigenvalue weighted by molar-refractivity contribution is -0.870. The number of nitrogens with zero attached hydrogens (tertiary/aromatic N) is 1. The minimum Gasteiger partial charge on any atom is -0.466 e. The molecule has 0 fully saturated rings. The summed E-state index contributed by atoms with van der Waals surface area (Å²) in [7, 11) is 1.39. The number of hydrogen-bond acceptors (Lipinski definition) is 9. The van der Waals surface area contributed by atoms with E-state index in [1.165, 1.54) is 11.1 Å². The number of allylic oxidation sites excluding steroid dienone is 4. The van der Waals surface area contributed by atoms with Gasteiger partial charge in [-0.2, -0.15) is 0 Å². The number of quaternary nitrogens is 1. The highest BCUT2D eigenvalue weighted by Gasteiger charge is 2.27. The lowest BCUT2D eigenvalue weighted by Crippen LogP contribution is -2.37. The van der Waals surface area contributed by atoms with Crippen molar-refractivity contribution in [3.63, 3.8) is 0 Å². The van der Waals surface area contributed by atoms with Gasteiger partial charge >= 0.3 is 19.8 Å². The monoisotopic (exact) mass is 811 g/mol. The fourth-order valence-electron chi connectivity index (χ4n) is 5.98. The quantitative estimate of drug-likeness (QED) is 0.0176. The molecule has 0 saturated heterocycles. The van der Waals surface area contributed by atoms with Gasteiger partial charge in [-0.1, -0.05) is 89.9 Å². The summed E-state index contributed by atoms with van der Waals surface area (Å²) in [6.07, 6.45) is 24.9. The summed E-state index contributed by atoms with van der Waals surface area (Å²) in [6.45, 7) is 8.36. The summed E-state index contributed by atoms with van der Waals surface area (Å²) in [6, 6.07) is 0. The van der Waals surface area contributed by atoms with Crippen LogP contribution >= 0.6 is 7.82 Å². The van der Waals surface area contributed by atoms with Gasteiger partial charge in [-0.15, -0.1) is 0 Å². The molecule has 56 heavy (non-hydrogen) atoms. The third-order valence-electron chi connectivity index (χ3n) is 9.63. The smallest absolute Gasteiger partial charge is 0.466 e. The van der Waals surface area contributed by atoms with Crippen LogP contribution in [-0.2, 0) is 50.3 Å². The van der Waals surface area contributed by atoms with E-state index in [9.17, 15) is 23.8 Å². The largest absolute Gasteiger partial charge is 0.472 e. The van der Waals surface area contributed by atoms with Crippen LogP contribution in [0.3, 0.4) is 0 Å². The molecule has 322 valence electrons. The zero-order valence-electron chi connectivity index (χ0n) is 36.1. The number of likely N-dealkylation sites (N-methyl/N-ethyl adjacent to an activating group) is 1. The number of furan rings is 1. The fourth-order valence-corrected chi connectivity index (χ4v) is 6.72. The highest BCUT2D eigenvalue weighted by molar-refractivity contribution is 7.47. The Labute approximate surface area is 339 Å². The van der Waals surface area contributed by atoms with Gasteiger partial charge in [0.15, 0.2) is 11.9 Å². The van der Waals surface area contributed by atoms with Gasteiger partial charge < -0.3 is 23.3 Å². The standard InChI is InChI=1S/C44H76NO10P/c1-8-10-22-28-39(46)29-23-18-14-12-11-13-15-21-26-32-44(48)54-40(36-53-56(49,50)52-34-33-45(5,6)7)35-51-43(47)31-25-20-17-16-19-24-30-42-38(4)37(3)41(55-42)27-9-2/h14,18,23,29,40H,8-13,15-17,19-22,24-28,30-36H2,1-7H3/p+1/b18-14-,29-23+/t40-/m1/s1. The summed E-state index contributed by atoms with van der Waals surface area (Å²) in [5.41, 5.74) is 2.57. The van der Waals surface area contributed by atoms with Crippen molar-refractivity contribution in [3.05, 3.63) is 47.0 Å². The zero-order chi connectivity index (χ0) is 41.7. The molecule has 0 bridgehead atoms. The number of ether oxygens (including phenoxy) is 2. The maximum absolute atomic E-state index is 12.7. The van der Waals surface area contributed by atoms with Crippen molar-refractivity contribution >= 4 is 25.5 Å². The lowest BCUT2D eigenvalue weighted by Gasteiger charge is -2.24. The maximum atomic E-state index is 12.7. The molecule has 1 aromatic rings. The van der Waals surface area contributed by atoms with Gasteiger partial charge in [-0.3, -0.25) is 23.4 Å². The van der Waals surface area contributed by atoms with E-state index in [1.807, 2.05) is 33.3 Å². The number of carbonyl (C=O) groups is 3. The van der Waals surface area contributed by atoms with Crippen molar-refractivity contribution < 1.29 is 51.3 Å². The molecule has 1 N–H and O–H groups in total. The molecule has 0 aromatic carbocycles. The molecule has 0 spiro atoms. The fraction of sp³-hybridized carbons (Fsp3) is 0.750. The van der Waals surface area contributed by atoms with Gasteiger partial charge in [0, 0.05) is 32.1 Å². The van der Waals surface area contributed by atoms with Gasteiger partial charge in [0.1, 0.15) is 31.3 Å². The second-order valence-corrected chi connectivity index (χ2v) is 17.4. The molecule has 0 radical (unpaired) electrons. The Bertz CT molecular complexity index is 1350. The zero-order valence-corrected chi connectivity index (χ0v) is 37.0. The maximum Gasteiger partial charge on any atom is 0.472 e. The molecule has 2 atom stereocenters. The van der Waals surface area contributed by atoms with Crippen molar-refractivity contribution in [1.82, 2.24) is 0 Å². The third-order valence-corrected chi connectivity index (χ3v) is 10.6. The predicted octanol–water partition coefficient (Wildman–Crippen LogP) is 10.4. The van der Waals surface area contributed by atoms with Crippen molar-refractivity contribution in [2.75, 3.05) is 47.5 Å². The molecule has 12 heteroatoms. The molecular weight excluding hydrogens is 733 g/mol. The van der Waals surface area contributed by atoms with Crippen molar-refractivity contribution in [1.29, 1.82) is 0 Å². The molecule has 0 aliphatic carbocycles. The van der Waals surface area contributed by atoms with Crippen LogP contribution in [0.4, 0.5) is 0 Å². The summed E-state index contributed by atoms with van der Waals surface area (Å²) in [5.74, 6) is 1.51. The van der Waals surface area contributed by atoms with Gasteiger partial charge in [-0.05, 0) is 76.0 Å². The van der Waals surface area contributed by atoms with E-state index in [-0.39, 0.29) is 31.8 Å². The Kier molecular flexibility index (Phi) is 28.0. The number of rotatable bonds is 35. The Balaban J connectivity index is 2.40. The Morgan fingerprint density at radius 1 is 0.714 bits per heavy atom. The third kappa shape index (κ3) is 27.1. The van der Waals surface area contributed by atoms with Crippen molar-refractivity contribution in [2.45, 2.75) is 169 Å². The number of hydrogen-bond donors (Lipinski definition) is 1. The van der Waals surface area contributed by atoms with E-state index in [0.717, 1.165) is 114 Å². The number of aryl methyl sites for hydroxylation is 2. The van der Waals surface area contributed by atoms with Gasteiger partial charge in [0.25, 0.3) is 0 Å². The number of phosphoric ester groups is 1. The molecule has 1 heterocycles. The number of esters is 2. The van der Waals surface area contributed by atoms with Crippen LogP contribution < -0.4 is 0 Å². The molecule has 0 amide bonds. The molecule has 1 unspecified atom stereocenters. The molecule has 0 aliphatic heterocycles. The first-order chi connectivity index (χ1) is 26.7. The van der Waals surface area contributed by atoms with Crippen LogP contribution in [0.25, 0.3) is 0 Å². The van der Waals surface area contributed by atoms with Gasteiger partial charge in [0.05, 0.1) is 27.7 Å². The van der Waals surface area contributed by atoms with Crippen LogP contribution in [-0.4, -0.2) is 80.7 Å². The number of unbranched alkanes of at least 4 members (excludes halogenated alkanes) is 12. The SMILES string of the molecule is CCCCCC(=O)/C=C/C=C\CCCCCCCC(=O)O[C@H](COC(=O)CCCCCCCCc1oc(CCC)c(C)c1C)COP(=O)(O)OCC[N+](C)(C)C. The molecule has 11 nitrogen and oxygen atoms in total. The lowest BCUT2D eigenvalue weighted by atomic mass is 10.0. The van der Waals surface area contributed by atoms with E-state index < -0.39 is 32.5 Å². The highest BCUT2D eigenvalue weighted by Crippen LogP contribution is 2.43. The van der Waals surface area contributed by atoms with Crippen molar-refractivity contribution in [3.8, 4) is 0 Å². The van der Waals surface area contributed by atoms with Crippen LogP contribution in [0.1, 0.15) is 158 Å². The topological polar surface area (TPSA) is 139 Å². The van der Waals surface area contributed by atoms with Crippen LogP contribution in [0.15, 0.2) is 28.7 Å². The second-order valence-electron chi connectivity index (χ2n) is 16.0. The van der Waals surface area contributed by atoms with E-state index in [0.29, 0.717) is 30.3 Å². The molecule has 0 aliphatic rings. The van der Waals surface area contributed by atoms with Crippen LogP contribution in [0.2, 0.25) is 0 Å². The Hall–Kier alpha value is -2.56. The molecular formula is C44H77NO10P+. The van der Waals surface area contributed by atoms with E-state index in [2.05, 4.69) is 33.8 Å². The minimum atomic E-state index is -4.41. The number of ketones is 1. The average molecular weight is 811 g/mol. The summed E-state index contributed by atoms with van der Waals surface area (Å²) in [4.78, 5) is 47.2. The Morgan fingerprint density at radius 3 is 1.95 bits per heavy atom. The predicted molar refractivity (Wildman–Crippen MR) is 223 cm³/mol. The number of carbonyl (C=O) groups excluding carboxylic acids is 3. The molecule has 1 rings (SSSR count). The van der Waals surface area contributed by atoms with Gasteiger partial charge in [0.2, 0.25) is 0 Å². The minimum absolute atomic E-state index is 0.00743. The van der Waals surface area contributed by atoms with E-state index in [1.54, 1.807) is 6.08 Å². The summed E-state index contributed by atoms with van der Waals surface area (Å²) in [5, 5.41) is 0. The van der Waals surface area contributed by atoms with Crippen LogP contribution in [0, 0.1) is 13.8 Å². The first-order valence-electron chi connectivity index (χ1n) is 21.4.